The van der Waals surface area contributed by atoms with E-state index in [2.05, 4.69) is 47.6 Å². The Morgan fingerprint density at radius 1 is 1.31 bits per heavy atom. The Labute approximate surface area is 95.6 Å². The number of fused-ring (bicyclic) bond motifs is 1. The second-order valence-electron chi connectivity index (χ2n) is 3.79. The molecule has 2 rings (SSSR count). The van der Waals surface area contributed by atoms with Gasteiger partial charge in [-0.25, -0.2) is 0 Å². The molecular weight excluding hydrogens is 196 g/mol. The van der Waals surface area contributed by atoms with Gasteiger partial charge in [-0.3, -0.25) is 9.78 Å². The van der Waals surface area contributed by atoms with Gasteiger partial charge >= 0.3 is 0 Å². The molecule has 0 aliphatic rings. The minimum Gasteiger partial charge on any atom is -0.296 e. The molecule has 0 spiro atoms. The third-order valence-electron chi connectivity index (χ3n) is 2.48. The zero-order valence-electron chi connectivity index (χ0n) is 9.48. The molecule has 2 heteroatoms. The van der Waals surface area contributed by atoms with E-state index in [-0.39, 0.29) is 0 Å². The summed E-state index contributed by atoms with van der Waals surface area (Å²) >= 11 is 0. The summed E-state index contributed by atoms with van der Waals surface area (Å²) in [7, 11) is 0. The Kier molecular flexibility index (Phi) is 3.10. The number of allylic oxidation sites excluding steroid dienone is 5. The van der Waals surface area contributed by atoms with Crippen LogP contribution < -0.4 is 0 Å². The number of aromatic nitrogens is 2. The minimum atomic E-state index is 0.873. The Balaban J connectivity index is 2.05. The summed E-state index contributed by atoms with van der Waals surface area (Å²) < 4.78 is 2.13. The molecule has 1 aromatic heterocycles. The highest BCUT2D eigenvalue weighted by Gasteiger charge is 2.02. The number of nitrogens with one attached hydrogen (secondary N) is 1. The van der Waals surface area contributed by atoms with Crippen molar-refractivity contribution in [3.63, 3.8) is 0 Å². The molecule has 0 saturated carbocycles. The van der Waals surface area contributed by atoms with Gasteiger partial charge in [-0.2, -0.15) is 0 Å². The van der Waals surface area contributed by atoms with Crippen molar-refractivity contribution in [3.05, 3.63) is 60.7 Å². The molecule has 0 aliphatic heterocycles. The van der Waals surface area contributed by atoms with Gasteiger partial charge in [0.25, 0.3) is 0 Å². The summed E-state index contributed by atoms with van der Waals surface area (Å²) in [6.07, 6.45) is 9.79. The van der Waals surface area contributed by atoms with Crippen LogP contribution in [0.3, 0.4) is 0 Å². The molecule has 1 aromatic carbocycles. The zero-order chi connectivity index (χ0) is 11.4. The number of hydrogen-bond donors (Lipinski definition) is 1. The van der Waals surface area contributed by atoms with Gasteiger partial charge < -0.3 is 0 Å². The topological polar surface area (TPSA) is 20.7 Å². The van der Waals surface area contributed by atoms with Gasteiger partial charge in [0, 0.05) is 0 Å². The lowest BCUT2D eigenvalue weighted by atomic mass is 10.2. The number of aromatic amines is 1. The Bertz CT molecular complexity index is 538. The SMILES string of the molecule is C=C/C=C\C=C/Cn1[nH]c2ccc(C)cc21. The molecule has 2 aromatic rings. The quantitative estimate of drug-likeness (QED) is 0.748. The number of hydrogen-bond acceptors (Lipinski definition) is 0. The van der Waals surface area contributed by atoms with Crippen LogP contribution in [0.4, 0.5) is 0 Å². The molecule has 82 valence electrons. The number of H-pyrrole nitrogens is 1. The average Bonchev–Trinajstić information content (AvgIpc) is 2.27. The highest BCUT2D eigenvalue weighted by Crippen LogP contribution is 2.16. The molecule has 0 aliphatic carbocycles. The molecule has 16 heavy (non-hydrogen) atoms. The summed E-state index contributed by atoms with van der Waals surface area (Å²) in [6, 6.07) is 6.42. The van der Waals surface area contributed by atoms with Gasteiger partial charge in [-0.15, -0.1) is 0 Å². The number of nitrogens with zero attached hydrogens (tertiary/aromatic N) is 1. The van der Waals surface area contributed by atoms with Gasteiger partial charge in [0.2, 0.25) is 0 Å². The van der Waals surface area contributed by atoms with E-state index in [9.17, 15) is 0 Å². The van der Waals surface area contributed by atoms with E-state index in [1.54, 1.807) is 6.08 Å². The van der Waals surface area contributed by atoms with Crippen molar-refractivity contribution >= 4 is 11.0 Å². The summed E-state index contributed by atoms with van der Waals surface area (Å²) in [6.45, 7) is 6.60. The Morgan fingerprint density at radius 3 is 3.00 bits per heavy atom. The molecule has 1 N–H and O–H groups in total. The lowest BCUT2D eigenvalue weighted by Gasteiger charge is -2.15. The normalized spacial score (nSPS) is 12.1. The molecule has 0 saturated heterocycles. The van der Waals surface area contributed by atoms with Crippen molar-refractivity contribution < 1.29 is 0 Å². The van der Waals surface area contributed by atoms with Crippen LogP contribution in [0, 0.1) is 6.92 Å². The largest absolute Gasteiger partial charge is 0.296 e. The molecule has 1 heterocycles. The number of benzene rings is 1. The second-order valence-corrected chi connectivity index (χ2v) is 3.79. The van der Waals surface area contributed by atoms with E-state index in [0.717, 1.165) is 6.54 Å². The van der Waals surface area contributed by atoms with Crippen LogP contribution in [0.2, 0.25) is 0 Å². The minimum absolute atomic E-state index is 0.873. The smallest absolute Gasteiger partial charge is 0.0827 e. The second kappa shape index (κ2) is 4.71. The van der Waals surface area contributed by atoms with E-state index in [4.69, 9.17) is 0 Å². The van der Waals surface area contributed by atoms with Crippen molar-refractivity contribution in [1.29, 1.82) is 0 Å². The first-order valence-electron chi connectivity index (χ1n) is 5.40. The van der Waals surface area contributed by atoms with E-state index in [0.29, 0.717) is 0 Å². The highest BCUT2D eigenvalue weighted by atomic mass is 15.3. The van der Waals surface area contributed by atoms with Gasteiger partial charge in [0.05, 0.1) is 17.6 Å². The molecule has 0 atom stereocenters. The van der Waals surface area contributed by atoms with Gasteiger partial charge in [-0.05, 0) is 24.6 Å². The number of aryl methyl sites for hydroxylation is 1. The number of rotatable bonds is 4. The lowest BCUT2D eigenvalue weighted by molar-refractivity contribution is 0.698. The van der Waals surface area contributed by atoms with Crippen LogP contribution in [0.1, 0.15) is 5.56 Å². The molecule has 0 fully saturated rings. The van der Waals surface area contributed by atoms with Crippen molar-refractivity contribution in [2.75, 3.05) is 0 Å². The highest BCUT2D eigenvalue weighted by molar-refractivity contribution is 5.77. The molecule has 0 bridgehead atoms. The molecule has 2 nitrogen and oxygen atoms in total. The van der Waals surface area contributed by atoms with Crippen molar-refractivity contribution in [2.24, 2.45) is 0 Å². The van der Waals surface area contributed by atoms with Crippen molar-refractivity contribution in [1.82, 2.24) is 9.78 Å². The maximum Gasteiger partial charge on any atom is 0.0827 e. The maximum absolute atomic E-state index is 3.62. The van der Waals surface area contributed by atoms with Crippen molar-refractivity contribution in [2.45, 2.75) is 13.5 Å². The van der Waals surface area contributed by atoms with E-state index in [1.165, 1.54) is 16.6 Å². The molecule has 0 amide bonds. The van der Waals surface area contributed by atoms with Gasteiger partial charge in [0.1, 0.15) is 0 Å². The predicted octanol–water partition coefficient (Wildman–Crippen LogP) is 3.58. The van der Waals surface area contributed by atoms with Crippen LogP contribution in [0.5, 0.6) is 0 Å². The van der Waals surface area contributed by atoms with E-state index >= 15 is 0 Å². The van der Waals surface area contributed by atoms with Crippen LogP contribution in [0.15, 0.2) is 55.2 Å². The standard InChI is InChI=1S/C14H16N2/c1-3-4-5-6-7-10-16-14-11-12(2)8-9-13(14)15-16/h3-9,11,15H,1,10H2,2H3/b5-4-,7-6-. The maximum atomic E-state index is 3.62. The van der Waals surface area contributed by atoms with Gasteiger partial charge in [0.15, 0.2) is 0 Å². The van der Waals surface area contributed by atoms with Crippen LogP contribution >= 0.6 is 0 Å². The van der Waals surface area contributed by atoms with Crippen LogP contribution in [0.25, 0.3) is 11.0 Å². The van der Waals surface area contributed by atoms with E-state index in [1.807, 2.05) is 18.2 Å². The first kappa shape index (κ1) is 10.6. The molecule has 0 unspecified atom stereocenters. The fraction of sp³-hybridized carbons (Fsp3) is 0.143. The predicted molar refractivity (Wildman–Crippen MR) is 69.5 cm³/mol. The zero-order valence-corrected chi connectivity index (χ0v) is 9.48. The summed E-state index contributed by atoms with van der Waals surface area (Å²) in [5.74, 6) is 0. The summed E-state index contributed by atoms with van der Waals surface area (Å²) in [5, 5.41) is 3.28. The lowest BCUT2D eigenvalue weighted by Crippen LogP contribution is -2.09. The first-order chi connectivity index (χ1) is 7.81. The Hall–Kier alpha value is -1.96. The molecular formula is C14H16N2. The summed E-state index contributed by atoms with van der Waals surface area (Å²) in [5.41, 5.74) is 3.78. The summed E-state index contributed by atoms with van der Waals surface area (Å²) in [4.78, 5) is 0. The fourth-order valence-corrected chi connectivity index (χ4v) is 1.64. The average molecular weight is 212 g/mol. The van der Waals surface area contributed by atoms with E-state index < -0.39 is 0 Å². The molecule has 0 radical (unpaired) electrons. The van der Waals surface area contributed by atoms with Crippen molar-refractivity contribution in [3.8, 4) is 0 Å². The van der Waals surface area contributed by atoms with Crippen LogP contribution in [-0.2, 0) is 6.54 Å². The fourth-order valence-electron chi connectivity index (χ4n) is 1.64. The monoisotopic (exact) mass is 212 g/mol. The Morgan fingerprint density at radius 2 is 2.19 bits per heavy atom. The third-order valence-corrected chi connectivity index (χ3v) is 2.48. The van der Waals surface area contributed by atoms with Crippen LogP contribution in [-0.4, -0.2) is 9.78 Å². The first-order valence-corrected chi connectivity index (χ1v) is 5.40. The third kappa shape index (κ3) is 2.16. The van der Waals surface area contributed by atoms with Gasteiger partial charge in [-0.1, -0.05) is 43.0 Å².